The molecule has 4 nitrogen and oxygen atoms in total. The van der Waals surface area contributed by atoms with Crippen LogP contribution in [0.2, 0.25) is 0 Å². The largest absolute Gasteiger partial charge is 0.522 e. The molecule has 7 heteroatoms. The fraction of sp³-hybridized carbons (Fsp3) is 0.875. The van der Waals surface area contributed by atoms with Crippen molar-refractivity contribution in [3.8, 4) is 0 Å². The fourth-order valence-corrected chi connectivity index (χ4v) is 1.44. The number of likely N-dealkylation sites (tertiary alicyclic amines) is 1. The zero-order valence-electron chi connectivity index (χ0n) is 8.41. The van der Waals surface area contributed by atoms with Crippen LogP contribution in [-0.4, -0.2) is 41.9 Å². The molecule has 1 aliphatic rings. The normalized spacial score (nSPS) is 28.5. The topological polar surface area (TPSA) is 55.6 Å². The Morgan fingerprint density at radius 3 is 2.47 bits per heavy atom. The SMILES string of the molecule is C[C@@H](N)C(=O)N1C[C@H](OC(F)(F)F)[C@@H]1C. The monoisotopic (exact) mass is 226 g/mol. The Hall–Kier alpha value is -0.820. The van der Waals surface area contributed by atoms with Crippen molar-refractivity contribution in [1.29, 1.82) is 0 Å². The highest BCUT2D eigenvalue weighted by molar-refractivity contribution is 5.82. The number of nitrogens with two attached hydrogens (primary N) is 1. The smallest absolute Gasteiger partial charge is 0.333 e. The Balaban J connectivity index is 2.45. The van der Waals surface area contributed by atoms with Crippen LogP contribution in [0.15, 0.2) is 0 Å². The highest BCUT2D eigenvalue weighted by atomic mass is 19.4. The number of rotatable bonds is 2. The molecule has 0 unspecified atom stereocenters. The van der Waals surface area contributed by atoms with Gasteiger partial charge in [0.1, 0.15) is 6.10 Å². The van der Waals surface area contributed by atoms with Gasteiger partial charge in [0.05, 0.1) is 12.1 Å². The van der Waals surface area contributed by atoms with Gasteiger partial charge < -0.3 is 10.6 Å². The first-order valence-corrected chi connectivity index (χ1v) is 4.53. The van der Waals surface area contributed by atoms with Gasteiger partial charge >= 0.3 is 6.36 Å². The first-order valence-electron chi connectivity index (χ1n) is 4.53. The number of hydrogen-bond acceptors (Lipinski definition) is 3. The summed E-state index contributed by atoms with van der Waals surface area (Å²) in [6, 6.07) is -1.27. The van der Waals surface area contributed by atoms with E-state index in [4.69, 9.17) is 5.73 Å². The lowest BCUT2D eigenvalue weighted by atomic mass is 10.00. The molecule has 1 saturated heterocycles. The highest BCUT2D eigenvalue weighted by Gasteiger charge is 2.46. The summed E-state index contributed by atoms with van der Waals surface area (Å²) in [5, 5.41) is 0. The molecule has 0 saturated carbocycles. The zero-order valence-corrected chi connectivity index (χ0v) is 8.41. The number of carbonyl (C=O) groups excluding carboxylic acids is 1. The molecule has 1 heterocycles. The minimum Gasteiger partial charge on any atom is -0.333 e. The average molecular weight is 226 g/mol. The highest BCUT2D eigenvalue weighted by Crippen LogP contribution is 2.28. The Morgan fingerprint density at radius 1 is 1.60 bits per heavy atom. The molecule has 1 fully saturated rings. The Labute approximate surface area is 85.2 Å². The summed E-state index contributed by atoms with van der Waals surface area (Å²) in [6.07, 6.45) is -5.63. The first kappa shape index (κ1) is 12.3. The fourth-order valence-electron chi connectivity index (χ4n) is 1.44. The van der Waals surface area contributed by atoms with E-state index >= 15 is 0 Å². The summed E-state index contributed by atoms with van der Waals surface area (Å²) in [5.74, 6) is -0.357. The predicted octanol–water partition coefficient (Wildman–Crippen LogP) is 0.469. The van der Waals surface area contributed by atoms with Crippen LogP contribution in [0.5, 0.6) is 0 Å². The van der Waals surface area contributed by atoms with Crippen molar-refractivity contribution < 1.29 is 22.7 Å². The molecule has 0 bridgehead atoms. The summed E-state index contributed by atoms with van der Waals surface area (Å²) < 4.78 is 39.3. The van der Waals surface area contributed by atoms with E-state index < -0.39 is 24.6 Å². The van der Waals surface area contributed by atoms with E-state index in [1.54, 1.807) is 0 Å². The lowest BCUT2D eigenvalue weighted by molar-refractivity contribution is -0.359. The Bertz CT molecular complexity index is 255. The van der Waals surface area contributed by atoms with E-state index in [1.807, 2.05) is 0 Å². The van der Waals surface area contributed by atoms with Crippen LogP contribution < -0.4 is 5.73 Å². The van der Waals surface area contributed by atoms with Gasteiger partial charge in [0.15, 0.2) is 0 Å². The quantitative estimate of drug-likeness (QED) is 0.744. The molecule has 0 aromatic heterocycles. The van der Waals surface area contributed by atoms with Gasteiger partial charge in [0, 0.05) is 6.54 Å². The van der Waals surface area contributed by atoms with Crippen molar-refractivity contribution in [3.63, 3.8) is 0 Å². The molecule has 0 aromatic carbocycles. The molecule has 3 atom stereocenters. The summed E-state index contributed by atoms with van der Waals surface area (Å²) in [5.41, 5.74) is 5.33. The second-order valence-corrected chi connectivity index (χ2v) is 3.62. The molecule has 0 aromatic rings. The van der Waals surface area contributed by atoms with Gasteiger partial charge in [0.2, 0.25) is 5.91 Å². The molecule has 2 N–H and O–H groups in total. The van der Waals surface area contributed by atoms with Crippen LogP contribution in [0.1, 0.15) is 13.8 Å². The molecule has 1 amide bonds. The minimum atomic E-state index is -4.65. The maximum absolute atomic E-state index is 11.8. The van der Waals surface area contributed by atoms with Gasteiger partial charge in [-0.15, -0.1) is 13.2 Å². The third kappa shape index (κ3) is 2.82. The molecular weight excluding hydrogens is 213 g/mol. The Kier molecular flexibility index (Phi) is 3.25. The third-order valence-corrected chi connectivity index (χ3v) is 2.36. The minimum absolute atomic E-state index is 0.0545. The van der Waals surface area contributed by atoms with E-state index in [-0.39, 0.29) is 12.5 Å². The van der Waals surface area contributed by atoms with Gasteiger partial charge in [-0.3, -0.25) is 9.53 Å². The lowest BCUT2D eigenvalue weighted by Crippen LogP contribution is -2.65. The summed E-state index contributed by atoms with van der Waals surface area (Å²) >= 11 is 0. The molecule has 0 spiro atoms. The Morgan fingerprint density at radius 2 is 2.13 bits per heavy atom. The molecule has 88 valence electrons. The van der Waals surface area contributed by atoms with Crippen molar-refractivity contribution in [2.24, 2.45) is 5.73 Å². The summed E-state index contributed by atoms with van der Waals surface area (Å²) in [4.78, 5) is 12.6. The van der Waals surface area contributed by atoms with Crippen LogP contribution in [0.3, 0.4) is 0 Å². The average Bonchev–Trinajstić information content (AvgIpc) is 2.08. The molecule has 1 aliphatic heterocycles. The van der Waals surface area contributed by atoms with Gasteiger partial charge in [0.25, 0.3) is 0 Å². The van der Waals surface area contributed by atoms with Crippen LogP contribution >= 0.6 is 0 Å². The van der Waals surface area contributed by atoms with E-state index in [1.165, 1.54) is 18.7 Å². The number of amides is 1. The molecular formula is C8H13F3N2O2. The number of nitrogens with zero attached hydrogens (tertiary/aromatic N) is 1. The number of ether oxygens (including phenoxy) is 1. The third-order valence-electron chi connectivity index (χ3n) is 2.36. The van der Waals surface area contributed by atoms with Gasteiger partial charge in [-0.1, -0.05) is 0 Å². The van der Waals surface area contributed by atoms with Gasteiger partial charge in [-0.05, 0) is 13.8 Å². The lowest BCUT2D eigenvalue weighted by Gasteiger charge is -2.46. The van der Waals surface area contributed by atoms with Crippen LogP contribution in [0, 0.1) is 0 Å². The number of halogens is 3. The molecule has 0 radical (unpaired) electrons. The van der Waals surface area contributed by atoms with Gasteiger partial charge in [-0.2, -0.15) is 0 Å². The second-order valence-electron chi connectivity index (χ2n) is 3.62. The number of hydrogen-bond donors (Lipinski definition) is 1. The van der Waals surface area contributed by atoms with Crippen molar-refractivity contribution in [3.05, 3.63) is 0 Å². The zero-order chi connectivity index (χ0) is 11.8. The van der Waals surface area contributed by atoms with Crippen molar-refractivity contribution >= 4 is 5.91 Å². The summed E-state index contributed by atoms with van der Waals surface area (Å²) in [7, 11) is 0. The van der Waals surface area contributed by atoms with Crippen molar-refractivity contribution in [1.82, 2.24) is 4.90 Å². The van der Waals surface area contributed by atoms with E-state index in [0.29, 0.717) is 0 Å². The van der Waals surface area contributed by atoms with E-state index in [2.05, 4.69) is 4.74 Å². The second kappa shape index (κ2) is 3.97. The predicted molar refractivity (Wildman–Crippen MR) is 45.8 cm³/mol. The van der Waals surface area contributed by atoms with Crippen LogP contribution in [0.25, 0.3) is 0 Å². The van der Waals surface area contributed by atoms with E-state index in [9.17, 15) is 18.0 Å². The standard InChI is InChI=1S/C8H13F3N2O2/c1-4(12)7(14)13-3-6(5(13)2)15-8(9,10)11/h4-6H,3,12H2,1-2H3/t4-,5+,6+/m1/s1. The number of alkyl halides is 3. The maximum atomic E-state index is 11.8. The van der Waals surface area contributed by atoms with E-state index in [0.717, 1.165) is 0 Å². The van der Waals surface area contributed by atoms with Crippen molar-refractivity contribution in [2.75, 3.05) is 6.54 Å². The van der Waals surface area contributed by atoms with Crippen LogP contribution in [-0.2, 0) is 9.53 Å². The van der Waals surface area contributed by atoms with Crippen LogP contribution in [0.4, 0.5) is 13.2 Å². The van der Waals surface area contributed by atoms with Crippen molar-refractivity contribution in [2.45, 2.75) is 38.4 Å². The maximum Gasteiger partial charge on any atom is 0.522 e. The molecule has 1 rings (SSSR count). The van der Waals surface area contributed by atoms with Gasteiger partial charge in [-0.25, -0.2) is 0 Å². The first-order chi connectivity index (χ1) is 6.72. The summed E-state index contributed by atoms with van der Waals surface area (Å²) in [6.45, 7) is 2.94. The molecule has 0 aliphatic carbocycles. The number of carbonyl (C=O) groups is 1. The molecule has 15 heavy (non-hydrogen) atoms.